The summed E-state index contributed by atoms with van der Waals surface area (Å²) in [6.07, 6.45) is 7.23. The normalized spacial score (nSPS) is 11.3. The zero-order valence-corrected chi connectivity index (χ0v) is 7.77. The summed E-state index contributed by atoms with van der Waals surface area (Å²) in [5.41, 5.74) is 2.15. The Morgan fingerprint density at radius 2 is 2.54 bits per heavy atom. The van der Waals surface area contributed by atoms with E-state index >= 15 is 0 Å². The van der Waals surface area contributed by atoms with Crippen LogP contribution < -0.4 is 0 Å². The van der Waals surface area contributed by atoms with Crippen molar-refractivity contribution in [2.24, 2.45) is 4.99 Å². The number of hydrogen-bond donors (Lipinski definition) is 0. The Morgan fingerprint density at radius 1 is 1.77 bits per heavy atom. The summed E-state index contributed by atoms with van der Waals surface area (Å²) in [7, 11) is 0. The van der Waals surface area contributed by atoms with E-state index in [1.54, 1.807) is 12.3 Å². The SMILES string of the molecule is C=C/C(=C\N=C)Cn1cc(C)cn1. The first-order valence-corrected chi connectivity index (χ1v) is 4.02. The van der Waals surface area contributed by atoms with Crippen molar-refractivity contribution in [2.45, 2.75) is 13.5 Å². The third kappa shape index (κ3) is 2.71. The Morgan fingerprint density at radius 3 is 3.00 bits per heavy atom. The number of rotatable bonds is 4. The second kappa shape index (κ2) is 4.40. The van der Waals surface area contributed by atoms with E-state index in [0.29, 0.717) is 6.54 Å². The first-order chi connectivity index (χ1) is 6.26. The van der Waals surface area contributed by atoms with E-state index in [0.717, 1.165) is 11.1 Å². The van der Waals surface area contributed by atoms with Gasteiger partial charge in [0.1, 0.15) is 0 Å². The Hall–Kier alpha value is -1.64. The van der Waals surface area contributed by atoms with Crippen LogP contribution in [0.1, 0.15) is 5.56 Å². The predicted molar refractivity (Wildman–Crippen MR) is 54.8 cm³/mol. The van der Waals surface area contributed by atoms with E-state index in [2.05, 4.69) is 23.4 Å². The average Bonchev–Trinajstić information content (AvgIpc) is 2.50. The Labute approximate surface area is 78.1 Å². The molecule has 1 heterocycles. The Balaban J connectivity index is 2.72. The average molecular weight is 175 g/mol. The highest BCUT2D eigenvalue weighted by Crippen LogP contribution is 2.02. The summed E-state index contributed by atoms with van der Waals surface area (Å²) >= 11 is 0. The van der Waals surface area contributed by atoms with Gasteiger partial charge in [-0.25, -0.2) is 0 Å². The first kappa shape index (κ1) is 9.45. The van der Waals surface area contributed by atoms with Crippen molar-refractivity contribution in [1.82, 2.24) is 9.78 Å². The van der Waals surface area contributed by atoms with Gasteiger partial charge in [0.25, 0.3) is 0 Å². The summed E-state index contributed by atoms with van der Waals surface area (Å²) in [6, 6.07) is 0. The van der Waals surface area contributed by atoms with Crippen molar-refractivity contribution in [2.75, 3.05) is 0 Å². The largest absolute Gasteiger partial charge is 0.272 e. The topological polar surface area (TPSA) is 30.2 Å². The van der Waals surface area contributed by atoms with E-state index in [9.17, 15) is 0 Å². The van der Waals surface area contributed by atoms with Crippen LogP contribution in [0.3, 0.4) is 0 Å². The van der Waals surface area contributed by atoms with Gasteiger partial charge in [-0.1, -0.05) is 12.7 Å². The summed E-state index contributed by atoms with van der Waals surface area (Å²) in [5, 5.41) is 4.15. The summed E-state index contributed by atoms with van der Waals surface area (Å²) in [4.78, 5) is 3.69. The van der Waals surface area contributed by atoms with E-state index < -0.39 is 0 Å². The molecule has 1 aromatic rings. The third-order valence-electron chi connectivity index (χ3n) is 1.63. The van der Waals surface area contributed by atoms with E-state index in [-0.39, 0.29) is 0 Å². The van der Waals surface area contributed by atoms with Crippen LogP contribution in [0.2, 0.25) is 0 Å². The van der Waals surface area contributed by atoms with Crippen LogP contribution in [0, 0.1) is 6.92 Å². The Bertz CT molecular complexity index is 334. The van der Waals surface area contributed by atoms with Gasteiger partial charge in [0.05, 0.1) is 12.7 Å². The van der Waals surface area contributed by atoms with Gasteiger partial charge in [-0.2, -0.15) is 5.10 Å². The fraction of sp³-hybridized carbons (Fsp3) is 0.200. The molecule has 0 atom stereocenters. The van der Waals surface area contributed by atoms with Gasteiger partial charge < -0.3 is 0 Å². The molecular formula is C10H13N3. The molecule has 0 aliphatic carbocycles. The maximum absolute atomic E-state index is 4.15. The lowest BCUT2D eigenvalue weighted by atomic mass is 10.3. The molecule has 0 saturated carbocycles. The molecule has 0 bridgehead atoms. The number of aliphatic imine (C=N–C) groups is 1. The van der Waals surface area contributed by atoms with Crippen molar-refractivity contribution in [3.05, 3.63) is 42.4 Å². The molecule has 1 rings (SSSR count). The molecule has 13 heavy (non-hydrogen) atoms. The molecule has 3 heteroatoms. The maximum Gasteiger partial charge on any atom is 0.0674 e. The number of allylic oxidation sites excluding steroid dienone is 2. The predicted octanol–water partition coefficient (Wildman–Crippen LogP) is 1.96. The van der Waals surface area contributed by atoms with Gasteiger partial charge >= 0.3 is 0 Å². The molecule has 0 aromatic carbocycles. The molecule has 0 unspecified atom stereocenters. The minimum absolute atomic E-state index is 0.691. The second-order valence-corrected chi connectivity index (χ2v) is 2.81. The molecule has 0 fully saturated rings. The zero-order chi connectivity index (χ0) is 9.68. The molecule has 0 spiro atoms. The highest BCUT2D eigenvalue weighted by molar-refractivity contribution is 5.28. The van der Waals surface area contributed by atoms with Crippen molar-refractivity contribution in [3.8, 4) is 0 Å². The van der Waals surface area contributed by atoms with Crippen LogP contribution in [0.4, 0.5) is 0 Å². The van der Waals surface area contributed by atoms with E-state index in [1.807, 2.05) is 24.0 Å². The van der Waals surface area contributed by atoms with Gasteiger partial charge in [-0.15, -0.1) is 0 Å². The van der Waals surface area contributed by atoms with Crippen LogP contribution in [-0.4, -0.2) is 16.5 Å². The summed E-state index contributed by atoms with van der Waals surface area (Å²) < 4.78 is 1.84. The van der Waals surface area contributed by atoms with Crippen molar-refractivity contribution in [3.63, 3.8) is 0 Å². The van der Waals surface area contributed by atoms with Crippen LogP contribution in [-0.2, 0) is 6.54 Å². The van der Waals surface area contributed by atoms with Crippen molar-refractivity contribution < 1.29 is 0 Å². The van der Waals surface area contributed by atoms with Crippen LogP contribution in [0.15, 0.2) is 41.8 Å². The number of nitrogens with zero attached hydrogens (tertiary/aromatic N) is 3. The smallest absolute Gasteiger partial charge is 0.0674 e. The molecular weight excluding hydrogens is 162 g/mol. The first-order valence-electron chi connectivity index (χ1n) is 4.02. The van der Waals surface area contributed by atoms with Gasteiger partial charge in [0.15, 0.2) is 0 Å². The van der Waals surface area contributed by atoms with Crippen LogP contribution in [0.5, 0.6) is 0 Å². The highest BCUT2D eigenvalue weighted by atomic mass is 15.3. The lowest BCUT2D eigenvalue weighted by Crippen LogP contribution is -1.99. The fourth-order valence-corrected chi connectivity index (χ4v) is 1.02. The molecule has 3 nitrogen and oxygen atoms in total. The zero-order valence-electron chi connectivity index (χ0n) is 7.77. The van der Waals surface area contributed by atoms with Gasteiger partial charge in [-0.3, -0.25) is 9.67 Å². The summed E-state index contributed by atoms with van der Waals surface area (Å²) in [6.45, 7) is 9.77. The van der Waals surface area contributed by atoms with Crippen molar-refractivity contribution in [1.29, 1.82) is 0 Å². The molecule has 0 amide bonds. The lowest BCUT2D eigenvalue weighted by molar-refractivity contribution is 0.685. The molecule has 0 radical (unpaired) electrons. The minimum Gasteiger partial charge on any atom is -0.272 e. The van der Waals surface area contributed by atoms with Crippen LogP contribution in [0.25, 0.3) is 0 Å². The molecule has 0 aliphatic rings. The quantitative estimate of drug-likeness (QED) is 0.508. The third-order valence-corrected chi connectivity index (χ3v) is 1.63. The number of hydrogen-bond acceptors (Lipinski definition) is 2. The van der Waals surface area contributed by atoms with Crippen molar-refractivity contribution >= 4 is 6.72 Å². The molecule has 0 aliphatic heterocycles. The van der Waals surface area contributed by atoms with E-state index in [1.165, 1.54) is 0 Å². The maximum atomic E-state index is 4.15. The van der Waals surface area contributed by atoms with Crippen LogP contribution >= 0.6 is 0 Å². The van der Waals surface area contributed by atoms with Gasteiger partial charge in [-0.05, 0) is 24.8 Å². The molecule has 68 valence electrons. The Kier molecular flexibility index (Phi) is 3.20. The molecule has 1 aromatic heterocycles. The monoisotopic (exact) mass is 175 g/mol. The van der Waals surface area contributed by atoms with Gasteiger partial charge in [0.2, 0.25) is 0 Å². The lowest BCUT2D eigenvalue weighted by Gasteiger charge is -2.00. The van der Waals surface area contributed by atoms with Gasteiger partial charge in [0, 0.05) is 12.4 Å². The molecule has 0 saturated heterocycles. The number of aromatic nitrogens is 2. The minimum atomic E-state index is 0.691. The second-order valence-electron chi connectivity index (χ2n) is 2.81. The standard InChI is InChI=1S/C10H13N3/c1-4-10(6-11-3)8-13-7-9(2)5-12-13/h4-7H,1,3,8H2,2H3/b10-6+. The highest BCUT2D eigenvalue weighted by Gasteiger charge is 1.95. The number of aryl methyl sites for hydroxylation is 1. The fourth-order valence-electron chi connectivity index (χ4n) is 1.02. The summed E-state index contributed by atoms with van der Waals surface area (Å²) in [5.74, 6) is 0. The molecule has 0 N–H and O–H groups in total. The van der Waals surface area contributed by atoms with E-state index in [4.69, 9.17) is 0 Å².